The van der Waals surface area contributed by atoms with Gasteiger partial charge in [0, 0.05) is 31.0 Å². The molecule has 0 radical (unpaired) electrons. The van der Waals surface area contributed by atoms with E-state index < -0.39 is 17.7 Å². The van der Waals surface area contributed by atoms with E-state index in [1.807, 2.05) is 48.9 Å². The summed E-state index contributed by atoms with van der Waals surface area (Å²) in [6.07, 6.45) is 7.80. The Hall–Kier alpha value is -4.07. The normalized spacial score (nSPS) is 16.7. The van der Waals surface area contributed by atoms with Crippen LogP contribution in [0.1, 0.15) is 54.5 Å². The first-order valence-electron chi connectivity index (χ1n) is 13.0. The third-order valence-corrected chi connectivity index (χ3v) is 6.82. The van der Waals surface area contributed by atoms with Crippen molar-refractivity contribution in [2.75, 3.05) is 20.3 Å². The Labute approximate surface area is 223 Å². The number of benzene rings is 2. The monoisotopic (exact) mass is 517 g/mol. The number of aliphatic hydroxyl groups is 1. The number of hydrogen-bond acceptors (Lipinski definition) is 6. The van der Waals surface area contributed by atoms with E-state index in [1.165, 1.54) is 0 Å². The first-order valence-corrected chi connectivity index (χ1v) is 13.0. The van der Waals surface area contributed by atoms with Crippen LogP contribution in [-0.4, -0.2) is 51.5 Å². The fraction of sp³-hybridized carbons (Fsp3) is 0.367. The van der Waals surface area contributed by atoms with Crippen LogP contribution in [0.3, 0.4) is 0 Å². The summed E-state index contributed by atoms with van der Waals surface area (Å²) >= 11 is 0. The molecule has 1 amide bonds. The van der Waals surface area contributed by atoms with Gasteiger partial charge in [-0.1, -0.05) is 37.1 Å². The molecule has 4 rings (SSSR count). The van der Waals surface area contributed by atoms with Crippen LogP contribution in [0.2, 0.25) is 0 Å². The lowest BCUT2D eigenvalue weighted by Crippen LogP contribution is -2.31. The number of amides is 1. The second-order valence-electron chi connectivity index (χ2n) is 9.58. The highest BCUT2D eigenvalue weighted by Gasteiger charge is 2.46. The highest BCUT2D eigenvalue weighted by molar-refractivity contribution is 6.46. The molecule has 2 aromatic carbocycles. The Balaban J connectivity index is 1.77. The van der Waals surface area contributed by atoms with Crippen LogP contribution in [0.25, 0.3) is 5.76 Å². The van der Waals surface area contributed by atoms with E-state index in [0.29, 0.717) is 48.7 Å². The molecule has 0 aliphatic carbocycles. The van der Waals surface area contributed by atoms with Crippen molar-refractivity contribution in [1.82, 2.24) is 14.5 Å². The summed E-state index contributed by atoms with van der Waals surface area (Å²) in [5.74, 6) is -0.396. The molecule has 8 nitrogen and oxygen atoms in total. The highest BCUT2D eigenvalue weighted by atomic mass is 16.5. The van der Waals surface area contributed by atoms with Crippen LogP contribution < -0.4 is 9.47 Å². The number of aliphatic hydroxyl groups excluding tert-OH is 1. The average Bonchev–Trinajstić information content (AvgIpc) is 3.52. The fourth-order valence-corrected chi connectivity index (χ4v) is 4.74. The number of hydrogen-bond donors (Lipinski definition) is 1. The molecule has 1 aliphatic heterocycles. The maximum absolute atomic E-state index is 13.4. The summed E-state index contributed by atoms with van der Waals surface area (Å²) in [6, 6.07) is 10.3. The lowest BCUT2D eigenvalue weighted by molar-refractivity contribution is -0.139. The molecular weight excluding hydrogens is 482 g/mol. The molecule has 0 spiro atoms. The van der Waals surface area contributed by atoms with Gasteiger partial charge in [0.1, 0.15) is 5.76 Å². The van der Waals surface area contributed by atoms with Gasteiger partial charge in [-0.3, -0.25) is 9.59 Å². The van der Waals surface area contributed by atoms with Crippen molar-refractivity contribution >= 4 is 17.4 Å². The summed E-state index contributed by atoms with van der Waals surface area (Å²) in [6.45, 7) is 7.41. The van der Waals surface area contributed by atoms with Gasteiger partial charge in [0.25, 0.3) is 11.7 Å². The summed E-state index contributed by atoms with van der Waals surface area (Å²) < 4.78 is 13.4. The number of likely N-dealkylation sites (tertiary alicyclic amines) is 1. The van der Waals surface area contributed by atoms with Gasteiger partial charge in [0.2, 0.25) is 0 Å². The first kappa shape index (κ1) is 27.0. The number of aromatic nitrogens is 2. The minimum atomic E-state index is -0.767. The van der Waals surface area contributed by atoms with E-state index in [0.717, 1.165) is 24.0 Å². The van der Waals surface area contributed by atoms with Crippen LogP contribution in [-0.2, 0) is 16.1 Å². The third kappa shape index (κ3) is 5.59. The number of nitrogens with zero attached hydrogens (tertiary/aromatic N) is 3. The maximum atomic E-state index is 13.4. The predicted molar refractivity (Wildman–Crippen MR) is 145 cm³/mol. The van der Waals surface area contributed by atoms with Crippen LogP contribution >= 0.6 is 0 Å². The SMILES string of the molecule is CCCCOc1ccc(C2C(=C(O)c3cc(C)ccc3C)C(=O)C(=O)N2CCCn2ccnc2)cc1OC. The maximum Gasteiger partial charge on any atom is 0.295 e. The Morgan fingerprint density at radius 1 is 1.05 bits per heavy atom. The summed E-state index contributed by atoms with van der Waals surface area (Å²) in [7, 11) is 1.56. The number of imidazole rings is 1. The summed E-state index contributed by atoms with van der Waals surface area (Å²) in [5, 5.41) is 11.5. The van der Waals surface area contributed by atoms with Gasteiger partial charge in [0.15, 0.2) is 11.5 Å². The molecule has 1 unspecified atom stereocenters. The molecular formula is C30H35N3O5. The largest absolute Gasteiger partial charge is 0.507 e. The number of ether oxygens (including phenoxy) is 2. The van der Waals surface area contributed by atoms with Crippen molar-refractivity contribution in [3.63, 3.8) is 0 Å². The van der Waals surface area contributed by atoms with Gasteiger partial charge in [0.05, 0.1) is 31.7 Å². The van der Waals surface area contributed by atoms with Crippen molar-refractivity contribution in [3.05, 3.63) is 82.9 Å². The van der Waals surface area contributed by atoms with E-state index in [4.69, 9.17) is 9.47 Å². The smallest absolute Gasteiger partial charge is 0.295 e. The van der Waals surface area contributed by atoms with E-state index in [-0.39, 0.29) is 11.3 Å². The molecule has 0 saturated carbocycles. The Bertz CT molecular complexity index is 1330. The summed E-state index contributed by atoms with van der Waals surface area (Å²) in [5.41, 5.74) is 3.04. The number of rotatable bonds is 11. The van der Waals surface area contributed by atoms with E-state index >= 15 is 0 Å². The second kappa shape index (κ2) is 12.0. The molecule has 200 valence electrons. The molecule has 1 N–H and O–H groups in total. The topological polar surface area (TPSA) is 93.9 Å². The number of unbranched alkanes of at least 4 members (excludes halogenated alkanes) is 1. The zero-order valence-electron chi connectivity index (χ0n) is 22.4. The van der Waals surface area contributed by atoms with Gasteiger partial charge < -0.3 is 24.0 Å². The van der Waals surface area contributed by atoms with Crippen LogP contribution in [0, 0.1) is 13.8 Å². The van der Waals surface area contributed by atoms with Crippen molar-refractivity contribution in [2.45, 2.75) is 52.6 Å². The van der Waals surface area contributed by atoms with Gasteiger partial charge in [-0.25, -0.2) is 4.98 Å². The lowest BCUT2D eigenvalue weighted by Gasteiger charge is -2.26. The molecule has 38 heavy (non-hydrogen) atoms. The van der Waals surface area contributed by atoms with Crippen molar-refractivity contribution < 1.29 is 24.2 Å². The zero-order valence-corrected chi connectivity index (χ0v) is 22.4. The molecule has 3 aromatic rings. The highest BCUT2D eigenvalue weighted by Crippen LogP contribution is 2.42. The van der Waals surface area contributed by atoms with E-state index in [9.17, 15) is 14.7 Å². The standard InChI is InChI=1S/C30H35N3O5/c1-5-6-16-38-24-11-10-22(18-25(24)37-4)27-26(28(34)23-17-20(2)8-9-21(23)3)29(35)30(36)33(27)14-7-13-32-15-12-31-19-32/h8-12,15,17-19,27,34H,5-7,13-14,16H2,1-4H3. The summed E-state index contributed by atoms with van der Waals surface area (Å²) in [4.78, 5) is 32.4. The molecule has 1 aromatic heterocycles. The minimum absolute atomic E-state index is 0.0769. The second-order valence-corrected chi connectivity index (χ2v) is 9.58. The molecule has 1 saturated heterocycles. The number of Topliss-reactive ketones (excluding diaryl/α,β-unsaturated/α-hetero) is 1. The van der Waals surface area contributed by atoms with Gasteiger partial charge in [-0.2, -0.15) is 0 Å². The Kier molecular flexibility index (Phi) is 8.51. The van der Waals surface area contributed by atoms with E-state index in [1.54, 1.807) is 36.7 Å². The fourth-order valence-electron chi connectivity index (χ4n) is 4.74. The molecule has 1 fully saturated rings. The number of carbonyl (C=O) groups excluding carboxylic acids is 2. The predicted octanol–water partition coefficient (Wildman–Crippen LogP) is 5.20. The average molecular weight is 518 g/mol. The molecule has 1 atom stereocenters. The van der Waals surface area contributed by atoms with E-state index in [2.05, 4.69) is 11.9 Å². The zero-order chi connectivity index (χ0) is 27.2. The minimum Gasteiger partial charge on any atom is -0.507 e. The lowest BCUT2D eigenvalue weighted by atomic mass is 9.93. The number of ketones is 1. The molecule has 2 heterocycles. The quantitative estimate of drug-likeness (QED) is 0.163. The van der Waals surface area contributed by atoms with Gasteiger partial charge >= 0.3 is 0 Å². The Morgan fingerprint density at radius 3 is 2.58 bits per heavy atom. The molecule has 1 aliphatic rings. The number of carbonyl (C=O) groups is 2. The van der Waals surface area contributed by atoms with Gasteiger partial charge in [-0.05, 0) is 56.0 Å². The van der Waals surface area contributed by atoms with Crippen molar-refractivity contribution in [2.24, 2.45) is 0 Å². The Morgan fingerprint density at radius 2 is 1.87 bits per heavy atom. The van der Waals surface area contributed by atoms with Crippen LogP contribution in [0.4, 0.5) is 0 Å². The van der Waals surface area contributed by atoms with Gasteiger partial charge in [-0.15, -0.1) is 0 Å². The van der Waals surface area contributed by atoms with Crippen molar-refractivity contribution in [3.8, 4) is 11.5 Å². The third-order valence-electron chi connectivity index (χ3n) is 6.82. The molecule has 0 bridgehead atoms. The number of methoxy groups -OCH3 is 1. The first-order chi connectivity index (χ1) is 18.3. The van der Waals surface area contributed by atoms with Crippen LogP contribution in [0.15, 0.2) is 60.7 Å². The number of aryl methyl sites for hydroxylation is 3. The van der Waals surface area contributed by atoms with Crippen molar-refractivity contribution in [1.29, 1.82) is 0 Å². The molecule has 8 heteroatoms. The van der Waals surface area contributed by atoms with Crippen LogP contribution in [0.5, 0.6) is 11.5 Å².